The van der Waals surface area contributed by atoms with E-state index >= 15 is 0 Å². The van der Waals surface area contributed by atoms with Gasteiger partial charge in [0.1, 0.15) is 0 Å². The van der Waals surface area contributed by atoms with E-state index in [9.17, 15) is 0 Å². The highest BCUT2D eigenvalue weighted by Crippen LogP contribution is 2.17. The van der Waals surface area contributed by atoms with Crippen molar-refractivity contribution in [3.63, 3.8) is 0 Å². The Kier molecular flexibility index (Phi) is 5.71. The standard InChI is InChI=1S/C13H22N2S/c1-5-6-7-10(2)14-9-8-13-11(3)15-12(4)16-13/h5,10,14H,1,6-9H2,2-4H3. The van der Waals surface area contributed by atoms with Gasteiger partial charge in [0, 0.05) is 17.5 Å². The van der Waals surface area contributed by atoms with Crippen LogP contribution in [-0.4, -0.2) is 17.6 Å². The van der Waals surface area contributed by atoms with E-state index in [1.807, 2.05) is 17.4 Å². The van der Waals surface area contributed by atoms with E-state index in [2.05, 4.69) is 37.7 Å². The van der Waals surface area contributed by atoms with Crippen molar-refractivity contribution in [2.24, 2.45) is 0 Å². The van der Waals surface area contributed by atoms with Gasteiger partial charge in [-0.15, -0.1) is 17.9 Å². The highest BCUT2D eigenvalue weighted by Gasteiger charge is 2.05. The molecule has 1 rings (SSSR count). The van der Waals surface area contributed by atoms with E-state index in [4.69, 9.17) is 0 Å². The Morgan fingerprint density at radius 3 is 2.81 bits per heavy atom. The Labute approximate surface area is 103 Å². The second-order valence-electron chi connectivity index (χ2n) is 4.21. The molecule has 0 amide bonds. The van der Waals surface area contributed by atoms with E-state index in [1.54, 1.807) is 0 Å². The SMILES string of the molecule is C=CCCC(C)NCCc1sc(C)nc1C. The van der Waals surface area contributed by atoms with Gasteiger partial charge in [0.25, 0.3) is 0 Å². The molecule has 1 atom stereocenters. The van der Waals surface area contributed by atoms with Crippen molar-refractivity contribution in [1.82, 2.24) is 10.3 Å². The number of nitrogens with one attached hydrogen (secondary N) is 1. The molecule has 90 valence electrons. The minimum atomic E-state index is 0.576. The Hall–Kier alpha value is -0.670. The predicted molar refractivity (Wildman–Crippen MR) is 72.2 cm³/mol. The van der Waals surface area contributed by atoms with Crippen LogP contribution in [0.3, 0.4) is 0 Å². The third kappa shape index (κ3) is 4.45. The number of allylic oxidation sites excluding steroid dienone is 1. The van der Waals surface area contributed by atoms with E-state index < -0.39 is 0 Å². The fourth-order valence-corrected chi connectivity index (χ4v) is 2.64. The summed E-state index contributed by atoms with van der Waals surface area (Å²) in [7, 11) is 0. The van der Waals surface area contributed by atoms with Crippen molar-refractivity contribution in [3.05, 3.63) is 28.2 Å². The zero-order valence-corrected chi connectivity index (χ0v) is 11.4. The smallest absolute Gasteiger partial charge is 0.0900 e. The molecule has 0 aromatic carbocycles. The monoisotopic (exact) mass is 238 g/mol. The van der Waals surface area contributed by atoms with E-state index in [-0.39, 0.29) is 0 Å². The number of thiazole rings is 1. The molecule has 1 aromatic rings. The van der Waals surface area contributed by atoms with Crippen LogP contribution in [0.5, 0.6) is 0 Å². The summed E-state index contributed by atoms with van der Waals surface area (Å²) in [5, 5.41) is 4.71. The fraction of sp³-hybridized carbons (Fsp3) is 0.615. The van der Waals surface area contributed by atoms with Gasteiger partial charge in [-0.3, -0.25) is 0 Å². The predicted octanol–water partition coefficient (Wildman–Crippen LogP) is 3.25. The van der Waals surface area contributed by atoms with Gasteiger partial charge in [-0.1, -0.05) is 6.08 Å². The minimum Gasteiger partial charge on any atom is -0.314 e. The van der Waals surface area contributed by atoms with Gasteiger partial charge in [-0.25, -0.2) is 4.98 Å². The first-order chi connectivity index (χ1) is 7.63. The molecular weight excluding hydrogens is 216 g/mol. The lowest BCUT2D eigenvalue weighted by atomic mass is 10.2. The molecule has 0 fully saturated rings. The van der Waals surface area contributed by atoms with Crippen molar-refractivity contribution in [2.45, 2.75) is 46.1 Å². The first kappa shape index (κ1) is 13.4. The van der Waals surface area contributed by atoms with Crippen LogP contribution in [0.1, 0.15) is 35.3 Å². The molecule has 0 aliphatic carbocycles. The number of aryl methyl sites for hydroxylation is 2. The molecule has 1 heterocycles. The molecule has 16 heavy (non-hydrogen) atoms. The van der Waals surface area contributed by atoms with Gasteiger partial charge in [0.15, 0.2) is 0 Å². The van der Waals surface area contributed by atoms with Crippen molar-refractivity contribution >= 4 is 11.3 Å². The average molecular weight is 238 g/mol. The summed E-state index contributed by atoms with van der Waals surface area (Å²) in [6, 6.07) is 0.576. The summed E-state index contributed by atoms with van der Waals surface area (Å²) in [5.41, 5.74) is 1.20. The molecule has 3 heteroatoms. The van der Waals surface area contributed by atoms with Gasteiger partial charge < -0.3 is 5.32 Å². The zero-order chi connectivity index (χ0) is 12.0. The van der Waals surface area contributed by atoms with Crippen molar-refractivity contribution in [1.29, 1.82) is 0 Å². The molecular formula is C13H22N2S. The maximum atomic E-state index is 4.44. The molecule has 0 saturated carbocycles. The third-order valence-electron chi connectivity index (χ3n) is 2.65. The van der Waals surface area contributed by atoms with Crippen LogP contribution in [-0.2, 0) is 6.42 Å². The Bertz CT molecular complexity index is 331. The van der Waals surface area contributed by atoms with Gasteiger partial charge in [0.05, 0.1) is 10.7 Å². The second kappa shape index (κ2) is 6.81. The summed E-state index contributed by atoms with van der Waals surface area (Å²) < 4.78 is 0. The summed E-state index contributed by atoms with van der Waals surface area (Å²) in [6.07, 6.45) is 5.34. The largest absolute Gasteiger partial charge is 0.314 e. The summed E-state index contributed by atoms with van der Waals surface area (Å²) in [4.78, 5) is 5.85. The fourth-order valence-electron chi connectivity index (χ4n) is 1.71. The quantitative estimate of drug-likeness (QED) is 0.738. The van der Waals surface area contributed by atoms with Gasteiger partial charge in [-0.05, 0) is 40.0 Å². The van der Waals surface area contributed by atoms with Gasteiger partial charge >= 0.3 is 0 Å². The van der Waals surface area contributed by atoms with Crippen LogP contribution in [0.15, 0.2) is 12.7 Å². The average Bonchev–Trinajstić information content (AvgIpc) is 2.55. The number of rotatable bonds is 7. The molecule has 0 bridgehead atoms. The molecule has 0 saturated heterocycles. The number of hydrogen-bond acceptors (Lipinski definition) is 3. The van der Waals surface area contributed by atoms with Crippen molar-refractivity contribution in [2.75, 3.05) is 6.54 Å². The molecule has 0 radical (unpaired) electrons. The topological polar surface area (TPSA) is 24.9 Å². The lowest BCUT2D eigenvalue weighted by molar-refractivity contribution is 0.522. The lowest BCUT2D eigenvalue weighted by Crippen LogP contribution is -2.27. The van der Waals surface area contributed by atoms with Crippen LogP contribution in [0, 0.1) is 13.8 Å². The summed E-state index contributed by atoms with van der Waals surface area (Å²) in [5.74, 6) is 0. The summed E-state index contributed by atoms with van der Waals surface area (Å²) >= 11 is 1.82. The van der Waals surface area contributed by atoms with E-state index in [0.29, 0.717) is 6.04 Å². The van der Waals surface area contributed by atoms with Crippen molar-refractivity contribution < 1.29 is 0 Å². The molecule has 0 aliphatic heterocycles. The lowest BCUT2D eigenvalue weighted by Gasteiger charge is -2.11. The van der Waals surface area contributed by atoms with Gasteiger partial charge in [0.2, 0.25) is 0 Å². The maximum absolute atomic E-state index is 4.44. The van der Waals surface area contributed by atoms with Crippen LogP contribution in [0.25, 0.3) is 0 Å². The normalized spacial score (nSPS) is 12.7. The molecule has 1 unspecified atom stereocenters. The molecule has 2 nitrogen and oxygen atoms in total. The highest BCUT2D eigenvalue weighted by molar-refractivity contribution is 7.11. The number of nitrogens with zero attached hydrogens (tertiary/aromatic N) is 1. The van der Waals surface area contributed by atoms with Crippen LogP contribution >= 0.6 is 11.3 Å². The minimum absolute atomic E-state index is 0.576. The Morgan fingerprint density at radius 1 is 1.50 bits per heavy atom. The second-order valence-corrected chi connectivity index (χ2v) is 5.50. The Balaban J connectivity index is 2.25. The third-order valence-corrected chi connectivity index (χ3v) is 3.78. The number of hydrogen-bond donors (Lipinski definition) is 1. The zero-order valence-electron chi connectivity index (χ0n) is 10.5. The Morgan fingerprint density at radius 2 is 2.25 bits per heavy atom. The maximum Gasteiger partial charge on any atom is 0.0900 e. The molecule has 1 N–H and O–H groups in total. The van der Waals surface area contributed by atoms with E-state index in [1.165, 1.54) is 22.0 Å². The van der Waals surface area contributed by atoms with Crippen LogP contribution < -0.4 is 5.32 Å². The van der Waals surface area contributed by atoms with Crippen molar-refractivity contribution in [3.8, 4) is 0 Å². The first-order valence-corrected chi connectivity index (χ1v) is 6.72. The highest BCUT2D eigenvalue weighted by atomic mass is 32.1. The molecule has 0 spiro atoms. The van der Waals surface area contributed by atoms with Gasteiger partial charge in [-0.2, -0.15) is 0 Å². The van der Waals surface area contributed by atoms with Crippen LogP contribution in [0.4, 0.5) is 0 Å². The van der Waals surface area contributed by atoms with Crippen LogP contribution in [0.2, 0.25) is 0 Å². The first-order valence-electron chi connectivity index (χ1n) is 5.90. The molecule has 1 aromatic heterocycles. The number of aromatic nitrogens is 1. The van der Waals surface area contributed by atoms with E-state index in [0.717, 1.165) is 19.4 Å². The summed E-state index contributed by atoms with van der Waals surface area (Å²) in [6.45, 7) is 11.2. The molecule has 0 aliphatic rings.